The molecule has 2 aromatic heterocycles. The van der Waals surface area contributed by atoms with Gasteiger partial charge in [0.1, 0.15) is 5.82 Å². The van der Waals surface area contributed by atoms with Crippen LogP contribution in [0.5, 0.6) is 0 Å². The van der Waals surface area contributed by atoms with Crippen LogP contribution in [-0.2, 0) is 4.79 Å². The summed E-state index contributed by atoms with van der Waals surface area (Å²) in [4.78, 5) is 11.5. The van der Waals surface area contributed by atoms with E-state index >= 15 is 0 Å². The van der Waals surface area contributed by atoms with Crippen molar-refractivity contribution < 1.29 is 9.21 Å². The van der Waals surface area contributed by atoms with Gasteiger partial charge >= 0.3 is 0 Å². The summed E-state index contributed by atoms with van der Waals surface area (Å²) in [6, 6.07) is 17.4. The summed E-state index contributed by atoms with van der Waals surface area (Å²) in [5.41, 5.74) is 2.53. The smallest absolute Gasteiger partial charge is 0.247 e. The quantitative estimate of drug-likeness (QED) is 0.399. The number of carbonyl (C=O) groups excluding carboxylic acids is 1. The lowest BCUT2D eigenvalue weighted by Crippen LogP contribution is -2.07. The number of anilines is 1. The minimum Gasteiger partial charge on any atom is -0.419 e. The van der Waals surface area contributed by atoms with Crippen LogP contribution in [0, 0.1) is 0 Å². The highest BCUT2D eigenvalue weighted by Gasteiger charge is 2.32. The minimum absolute atomic E-state index is 0.109. The fraction of sp³-hybridized carbons (Fsp3) is 0.261. The lowest BCUT2D eigenvalue weighted by molar-refractivity contribution is -0.114. The third-order valence-electron chi connectivity index (χ3n) is 5.12. The monoisotopic (exact) mass is 446 g/mol. The number of aromatic nitrogens is 5. The Morgan fingerprint density at radius 2 is 1.91 bits per heavy atom. The van der Waals surface area contributed by atoms with E-state index in [2.05, 4.69) is 30.3 Å². The van der Waals surface area contributed by atoms with Crippen LogP contribution in [0.4, 0.5) is 5.69 Å². The van der Waals surface area contributed by atoms with Crippen LogP contribution in [-0.4, -0.2) is 30.9 Å². The van der Waals surface area contributed by atoms with Gasteiger partial charge in [0, 0.05) is 24.1 Å². The largest absolute Gasteiger partial charge is 0.419 e. The van der Waals surface area contributed by atoms with E-state index in [4.69, 9.17) is 4.42 Å². The highest BCUT2D eigenvalue weighted by Crippen LogP contribution is 2.43. The summed E-state index contributed by atoms with van der Waals surface area (Å²) >= 11 is 1.52. The van der Waals surface area contributed by atoms with Crippen molar-refractivity contribution in [2.75, 3.05) is 5.32 Å². The third-order valence-corrected chi connectivity index (χ3v) is 6.15. The van der Waals surface area contributed by atoms with Gasteiger partial charge in [-0.3, -0.25) is 9.36 Å². The molecule has 0 saturated heterocycles. The maximum absolute atomic E-state index is 11.5. The van der Waals surface area contributed by atoms with E-state index in [1.165, 1.54) is 18.7 Å². The number of hydrogen-bond donors (Lipinski definition) is 1. The Morgan fingerprint density at radius 1 is 1.09 bits per heavy atom. The van der Waals surface area contributed by atoms with Gasteiger partial charge in [-0.2, -0.15) is 0 Å². The van der Waals surface area contributed by atoms with Crippen molar-refractivity contribution in [3.63, 3.8) is 0 Å². The van der Waals surface area contributed by atoms with Crippen LogP contribution in [0.15, 0.2) is 64.2 Å². The van der Waals surface area contributed by atoms with Gasteiger partial charge in [0.2, 0.25) is 17.7 Å². The van der Waals surface area contributed by atoms with Gasteiger partial charge in [-0.1, -0.05) is 36.0 Å². The molecule has 2 heterocycles. The molecule has 9 heteroatoms. The first-order valence-corrected chi connectivity index (χ1v) is 11.4. The maximum atomic E-state index is 11.5. The van der Waals surface area contributed by atoms with Crippen molar-refractivity contribution in [1.82, 2.24) is 25.0 Å². The minimum atomic E-state index is -0.117. The average molecular weight is 447 g/mol. The molecule has 1 N–H and O–H groups in total. The molecule has 1 fully saturated rings. The fourth-order valence-electron chi connectivity index (χ4n) is 3.44. The van der Waals surface area contributed by atoms with E-state index < -0.39 is 0 Å². The van der Waals surface area contributed by atoms with Crippen molar-refractivity contribution in [3.8, 4) is 17.1 Å². The molecule has 1 atom stereocenters. The number of rotatable bonds is 7. The Morgan fingerprint density at radius 3 is 2.66 bits per heavy atom. The zero-order chi connectivity index (χ0) is 22.1. The van der Waals surface area contributed by atoms with Gasteiger partial charge in [0.05, 0.1) is 10.9 Å². The summed E-state index contributed by atoms with van der Waals surface area (Å²) in [6.45, 7) is 3.51. The van der Waals surface area contributed by atoms with E-state index in [1.807, 2.05) is 61.5 Å². The summed E-state index contributed by atoms with van der Waals surface area (Å²) in [5.74, 6) is 2.27. The Labute approximate surface area is 189 Å². The van der Waals surface area contributed by atoms with Crippen molar-refractivity contribution in [3.05, 3.63) is 66.3 Å². The van der Waals surface area contributed by atoms with Crippen LogP contribution < -0.4 is 5.32 Å². The molecule has 1 aliphatic carbocycles. The predicted molar refractivity (Wildman–Crippen MR) is 122 cm³/mol. The molecule has 0 radical (unpaired) electrons. The summed E-state index contributed by atoms with van der Waals surface area (Å²) in [7, 11) is 0. The number of nitrogens with one attached hydrogen (secondary N) is 1. The molecule has 1 amide bonds. The van der Waals surface area contributed by atoms with Gasteiger partial charge in [0.25, 0.3) is 0 Å². The number of benzene rings is 2. The van der Waals surface area contributed by atoms with Crippen LogP contribution in [0.25, 0.3) is 17.1 Å². The van der Waals surface area contributed by atoms with Crippen molar-refractivity contribution in [2.45, 2.75) is 43.0 Å². The van der Waals surface area contributed by atoms with Gasteiger partial charge < -0.3 is 9.73 Å². The van der Waals surface area contributed by atoms with E-state index in [0.717, 1.165) is 40.8 Å². The van der Waals surface area contributed by atoms with Crippen molar-refractivity contribution >= 4 is 23.4 Å². The van der Waals surface area contributed by atoms with E-state index in [9.17, 15) is 4.79 Å². The fourth-order valence-corrected chi connectivity index (χ4v) is 4.34. The summed E-state index contributed by atoms with van der Waals surface area (Å²) in [5, 5.41) is 20.9. The summed E-state index contributed by atoms with van der Waals surface area (Å²) < 4.78 is 8.00. The van der Waals surface area contributed by atoms with Gasteiger partial charge in [-0.25, -0.2) is 0 Å². The Hall–Kier alpha value is -3.46. The number of amides is 1. The van der Waals surface area contributed by atoms with E-state index in [0.29, 0.717) is 17.7 Å². The lowest BCUT2D eigenvalue weighted by Gasteiger charge is -2.13. The lowest BCUT2D eigenvalue weighted by atomic mass is 10.2. The van der Waals surface area contributed by atoms with Gasteiger partial charge in [0.15, 0.2) is 5.16 Å². The van der Waals surface area contributed by atoms with Gasteiger partial charge in [-0.05, 0) is 50.1 Å². The Kier molecular flexibility index (Phi) is 5.48. The second kappa shape index (κ2) is 8.58. The molecule has 162 valence electrons. The summed E-state index contributed by atoms with van der Waals surface area (Å²) in [6.07, 6.45) is 2.21. The molecule has 1 saturated carbocycles. The number of hydrogen-bond acceptors (Lipinski definition) is 7. The van der Waals surface area contributed by atoms with E-state index in [1.54, 1.807) is 0 Å². The second-order valence-corrected chi connectivity index (χ2v) is 9.06. The van der Waals surface area contributed by atoms with Crippen LogP contribution in [0.2, 0.25) is 0 Å². The first-order chi connectivity index (χ1) is 15.6. The first-order valence-electron chi connectivity index (χ1n) is 10.5. The molecule has 0 bridgehead atoms. The highest BCUT2D eigenvalue weighted by atomic mass is 32.2. The SMILES string of the molecule is CC(=O)Nc1cccc(-n2c(SC(C)c3nnc(-c4ccccc4)o3)nnc2C2CC2)c1. The zero-order valence-corrected chi connectivity index (χ0v) is 18.5. The second-order valence-electron chi connectivity index (χ2n) is 7.75. The van der Waals surface area contributed by atoms with Gasteiger partial charge in [-0.15, -0.1) is 20.4 Å². The molecule has 4 aromatic rings. The predicted octanol–water partition coefficient (Wildman–Crippen LogP) is 5.01. The number of carbonyl (C=O) groups is 1. The van der Waals surface area contributed by atoms with E-state index in [-0.39, 0.29) is 11.2 Å². The Bertz CT molecular complexity index is 1250. The molecule has 0 spiro atoms. The Balaban J connectivity index is 1.44. The molecule has 1 unspecified atom stereocenters. The molecule has 32 heavy (non-hydrogen) atoms. The van der Waals surface area contributed by atoms with Crippen LogP contribution in [0.1, 0.15) is 49.6 Å². The first kappa shape index (κ1) is 20.4. The molecule has 1 aliphatic rings. The normalized spacial score (nSPS) is 14.3. The number of nitrogens with zero attached hydrogens (tertiary/aromatic N) is 5. The highest BCUT2D eigenvalue weighted by molar-refractivity contribution is 7.99. The maximum Gasteiger partial charge on any atom is 0.247 e. The molecule has 0 aliphatic heterocycles. The topological polar surface area (TPSA) is 98.7 Å². The van der Waals surface area contributed by atoms with Crippen LogP contribution >= 0.6 is 11.8 Å². The standard InChI is InChI=1S/C23H22N6O2S/c1-14(21-26-27-22(31-21)17-7-4-3-5-8-17)32-23-28-25-20(16-11-12-16)29(23)19-10-6-9-18(13-19)24-15(2)30/h3-10,13-14,16H,11-12H2,1-2H3,(H,24,30). The average Bonchev–Trinajstić information content (AvgIpc) is 3.36. The number of thioether (sulfide) groups is 1. The zero-order valence-electron chi connectivity index (χ0n) is 17.7. The molecule has 2 aromatic carbocycles. The molecular formula is C23H22N6O2S. The molecular weight excluding hydrogens is 424 g/mol. The van der Waals surface area contributed by atoms with Crippen LogP contribution in [0.3, 0.4) is 0 Å². The van der Waals surface area contributed by atoms with Crippen molar-refractivity contribution in [1.29, 1.82) is 0 Å². The van der Waals surface area contributed by atoms with Crippen molar-refractivity contribution in [2.24, 2.45) is 0 Å². The molecule has 8 nitrogen and oxygen atoms in total. The molecule has 5 rings (SSSR count). The third kappa shape index (κ3) is 4.29.